The number of thiophene rings is 1. The molecule has 0 saturated heterocycles. The first-order valence-corrected chi connectivity index (χ1v) is 11.9. The maximum Gasteiger partial charge on any atom is 0.268 e. The summed E-state index contributed by atoms with van der Waals surface area (Å²) >= 11 is 1.49. The second-order valence-electron chi connectivity index (χ2n) is 8.89. The van der Waals surface area contributed by atoms with Crippen LogP contribution in [0.25, 0.3) is 6.08 Å². The molecule has 2 aromatic carbocycles. The second kappa shape index (κ2) is 9.73. The molecule has 3 aromatic rings. The van der Waals surface area contributed by atoms with Crippen molar-refractivity contribution < 1.29 is 19.1 Å². The number of aryl methyl sites for hydroxylation is 1. The van der Waals surface area contributed by atoms with Gasteiger partial charge in [-0.3, -0.25) is 9.59 Å². The third-order valence-corrected chi connectivity index (χ3v) is 6.40. The third kappa shape index (κ3) is 5.48. The minimum atomic E-state index is -0.470. The van der Waals surface area contributed by atoms with Crippen LogP contribution >= 0.6 is 11.3 Å². The number of nitrogens with one attached hydrogen (secondary N) is 2. The van der Waals surface area contributed by atoms with Crippen LogP contribution in [0.4, 0.5) is 0 Å². The van der Waals surface area contributed by atoms with E-state index in [9.17, 15) is 9.59 Å². The Balaban J connectivity index is 1.63. The molecule has 2 heterocycles. The standard InChI is InChI=1S/C27H28N2O4S/c1-17-7-5-8-18(13-17)25(30)28-22(15-20-9-6-12-34-20)26(31)29-23-16-27(2,3)33-24-11-10-19(32-4)14-21(23)24/h5-15,23H,16H2,1-4H3,(H,28,30)(H,29,31)/b22-15-/t23-/m1/s1. The third-order valence-electron chi connectivity index (χ3n) is 5.58. The maximum atomic E-state index is 13.5. The first-order valence-electron chi connectivity index (χ1n) is 11.0. The molecule has 0 radical (unpaired) electrons. The van der Waals surface area contributed by atoms with E-state index in [1.807, 2.05) is 68.6 Å². The van der Waals surface area contributed by atoms with Gasteiger partial charge in [0.2, 0.25) is 0 Å². The zero-order valence-corrected chi connectivity index (χ0v) is 20.5. The van der Waals surface area contributed by atoms with E-state index in [2.05, 4.69) is 10.6 Å². The molecule has 1 aliphatic rings. The highest BCUT2D eigenvalue weighted by Crippen LogP contribution is 2.41. The quantitative estimate of drug-likeness (QED) is 0.476. The molecule has 0 bridgehead atoms. The molecule has 1 atom stereocenters. The van der Waals surface area contributed by atoms with Crippen molar-refractivity contribution in [1.82, 2.24) is 10.6 Å². The van der Waals surface area contributed by atoms with Gasteiger partial charge < -0.3 is 20.1 Å². The zero-order chi connectivity index (χ0) is 24.3. The van der Waals surface area contributed by atoms with Crippen molar-refractivity contribution in [2.75, 3.05) is 7.11 Å². The molecule has 0 unspecified atom stereocenters. The molecular weight excluding hydrogens is 448 g/mol. The zero-order valence-electron chi connectivity index (χ0n) is 19.7. The largest absolute Gasteiger partial charge is 0.497 e. The van der Waals surface area contributed by atoms with E-state index in [1.165, 1.54) is 11.3 Å². The fraction of sp³-hybridized carbons (Fsp3) is 0.259. The summed E-state index contributed by atoms with van der Waals surface area (Å²) in [6.45, 7) is 5.90. The average molecular weight is 477 g/mol. The minimum absolute atomic E-state index is 0.183. The molecular formula is C27H28N2O4S. The van der Waals surface area contributed by atoms with E-state index in [4.69, 9.17) is 9.47 Å². The number of hydrogen-bond acceptors (Lipinski definition) is 5. The molecule has 0 spiro atoms. The first kappa shape index (κ1) is 23.6. The molecule has 0 aliphatic carbocycles. The lowest BCUT2D eigenvalue weighted by Crippen LogP contribution is -2.43. The van der Waals surface area contributed by atoms with Gasteiger partial charge in [0.15, 0.2) is 0 Å². The van der Waals surface area contributed by atoms with Gasteiger partial charge in [-0.25, -0.2) is 0 Å². The van der Waals surface area contributed by atoms with Crippen LogP contribution in [-0.2, 0) is 4.79 Å². The molecule has 4 rings (SSSR count). The molecule has 0 saturated carbocycles. The molecule has 176 valence electrons. The predicted octanol–water partition coefficient (Wildman–Crippen LogP) is 5.25. The van der Waals surface area contributed by atoms with Gasteiger partial charge in [0.1, 0.15) is 22.8 Å². The van der Waals surface area contributed by atoms with Crippen molar-refractivity contribution in [2.24, 2.45) is 0 Å². The van der Waals surface area contributed by atoms with Crippen LogP contribution in [0.15, 0.2) is 65.7 Å². The van der Waals surface area contributed by atoms with E-state index in [0.717, 1.165) is 16.0 Å². The van der Waals surface area contributed by atoms with Gasteiger partial charge in [-0.15, -0.1) is 11.3 Å². The minimum Gasteiger partial charge on any atom is -0.497 e. The van der Waals surface area contributed by atoms with Gasteiger partial charge in [0.05, 0.1) is 13.2 Å². The molecule has 1 aliphatic heterocycles. The number of fused-ring (bicyclic) bond motifs is 1. The van der Waals surface area contributed by atoms with E-state index >= 15 is 0 Å². The number of carbonyl (C=O) groups is 2. The molecule has 7 heteroatoms. The van der Waals surface area contributed by atoms with Crippen LogP contribution < -0.4 is 20.1 Å². The Hall–Kier alpha value is -3.58. The fourth-order valence-corrected chi connectivity index (χ4v) is 4.64. The highest BCUT2D eigenvalue weighted by Gasteiger charge is 2.35. The Bertz CT molecular complexity index is 1230. The number of ether oxygens (including phenoxy) is 2. The van der Waals surface area contributed by atoms with Crippen molar-refractivity contribution >= 4 is 29.2 Å². The Morgan fingerprint density at radius 3 is 2.68 bits per heavy atom. The number of carbonyl (C=O) groups excluding carboxylic acids is 2. The molecule has 2 N–H and O–H groups in total. The van der Waals surface area contributed by atoms with E-state index < -0.39 is 5.60 Å². The lowest BCUT2D eigenvalue weighted by molar-refractivity contribution is -0.119. The predicted molar refractivity (Wildman–Crippen MR) is 134 cm³/mol. The lowest BCUT2D eigenvalue weighted by Gasteiger charge is -2.38. The summed E-state index contributed by atoms with van der Waals surface area (Å²) in [5.74, 6) is 0.681. The van der Waals surface area contributed by atoms with Crippen molar-refractivity contribution in [1.29, 1.82) is 0 Å². The van der Waals surface area contributed by atoms with Crippen LogP contribution in [0.2, 0.25) is 0 Å². The number of benzene rings is 2. The van der Waals surface area contributed by atoms with Crippen LogP contribution in [0.5, 0.6) is 11.5 Å². The Morgan fingerprint density at radius 1 is 1.15 bits per heavy atom. The number of methoxy groups -OCH3 is 1. The van der Waals surface area contributed by atoms with Crippen molar-refractivity contribution in [3.8, 4) is 11.5 Å². The van der Waals surface area contributed by atoms with Gasteiger partial charge >= 0.3 is 0 Å². The maximum absolute atomic E-state index is 13.5. The lowest BCUT2D eigenvalue weighted by atomic mass is 9.89. The number of hydrogen-bond donors (Lipinski definition) is 2. The fourth-order valence-electron chi connectivity index (χ4n) is 3.98. The molecule has 34 heavy (non-hydrogen) atoms. The van der Waals surface area contributed by atoms with Crippen LogP contribution in [-0.4, -0.2) is 24.5 Å². The van der Waals surface area contributed by atoms with Gasteiger partial charge in [0.25, 0.3) is 11.8 Å². The average Bonchev–Trinajstić information content (AvgIpc) is 3.31. The number of rotatable bonds is 6. The Kier molecular flexibility index (Phi) is 6.75. The van der Waals surface area contributed by atoms with Crippen molar-refractivity contribution in [3.63, 3.8) is 0 Å². The Labute approximate surface area is 203 Å². The van der Waals surface area contributed by atoms with E-state index in [1.54, 1.807) is 25.3 Å². The molecule has 1 aromatic heterocycles. The van der Waals surface area contributed by atoms with Crippen molar-refractivity contribution in [2.45, 2.75) is 38.8 Å². The Morgan fingerprint density at radius 2 is 1.97 bits per heavy atom. The molecule has 0 fully saturated rings. The van der Waals surface area contributed by atoms with Crippen LogP contribution in [0.3, 0.4) is 0 Å². The summed E-state index contributed by atoms with van der Waals surface area (Å²) < 4.78 is 11.5. The molecule has 2 amide bonds. The summed E-state index contributed by atoms with van der Waals surface area (Å²) in [6.07, 6.45) is 2.27. The van der Waals surface area contributed by atoms with Gasteiger partial charge in [-0.1, -0.05) is 23.8 Å². The highest BCUT2D eigenvalue weighted by atomic mass is 32.1. The monoisotopic (exact) mass is 476 g/mol. The summed E-state index contributed by atoms with van der Waals surface area (Å²) in [5.41, 5.74) is 2.01. The normalized spacial score (nSPS) is 16.7. The van der Waals surface area contributed by atoms with Crippen LogP contribution in [0, 0.1) is 6.92 Å². The summed E-state index contributed by atoms with van der Waals surface area (Å²) in [6, 6.07) is 16.3. The van der Waals surface area contributed by atoms with Crippen molar-refractivity contribution in [3.05, 3.63) is 87.2 Å². The summed E-state index contributed by atoms with van der Waals surface area (Å²) in [4.78, 5) is 27.3. The topological polar surface area (TPSA) is 76.7 Å². The van der Waals surface area contributed by atoms with E-state index in [0.29, 0.717) is 23.5 Å². The highest BCUT2D eigenvalue weighted by molar-refractivity contribution is 7.10. The summed E-state index contributed by atoms with van der Waals surface area (Å²) in [5, 5.41) is 7.85. The van der Waals surface area contributed by atoms with Crippen LogP contribution in [0.1, 0.15) is 52.7 Å². The number of amides is 2. The SMILES string of the molecule is COc1ccc2c(c1)[C@H](NC(=O)/C(=C/c1cccs1)NC(=O)c1cccc(C)c1)CC(C)(C)O2. The van der Waals surface area contributed by atoms with Gasteiger partial charge in [-0.05, 0) is 68.6 Å². The van der Waals surface area contributed by atoms with Gasteiger partial charge in [-0.2, -0.15) is 0 Å². The summed E-state index contributed by atoms with van der Waals surface area (Å²) in [7, 11) is 1.60. The smallest absolute Gasteiger partial charge is 0.268 e. The first-order chi connectivity index (χ1) is 16.2. The van der Waals surface area contributed by atoms with Gasteiger partial charge in [0, 0.05) is 22.4 Å². The van der Waals surface area contributed by atoms with E-state index in [-0.39, 0.29) is 23.6 Å². The second-order valence-corrected chi connectivity index (χ2v) is 9.87. The molecule has 6 nitrogen and oxygen atoms in total.